The Morgan fingerprint density at radius 3 is 2.44 bits per heavy atom. The van der Waals surface area contributed by atoms with E-state index in [9.17, 15) is 5.11 Å². The molecule has 0 amide bonds. The Morgan fingerprint density at radius 1 is 1.22 bits per heavy atom. The summed E-state index contributed by atoms with van der Waals surface area (Å²) in [5.41, 5.74) is 2.09. The second kappa shape index (κ2) is 7.39. The van der Waals surface area contributed by atoms with Gasteiger partial charge in [0.2, 0.25) is 0 Å². The fourth-order valence-corrected chi connectivity index (χ4v) is 2.08. The van der Waals surface area contributed by atoms with Crippen molar-refractivity contribution in [3.8, 4) is 0 Å². The minimum absolute atomic E-state index is 0.446. The molecule has 1 aromatic carbocycles. The number of hydrogen-bond acceptors (Lipinski definition) is 3. The van der Waals surface area contributed by atoms with Gasteiger partial charge in [0.1, 0.15) is 0 Å². The predicted octanol–water partition coefficient (Wildman–Crippen LogP) is 2.85. The smallest absolute Gasteiger partial charge is 0.0781 e. The number of aliphatic hydroxyl groups excluding tert-OH is 1. The molecule has 3 nitrogen and oxygen atoms in total. The Balaban J connectivity index is 2.95. The molecule has 1 N–H and O–H groups in total. The summed E-state index contributed by atoms with van der Waals surface area (Å²) < 4.78 is 5.17. The van der Waals surface area contributed by atoms with Gasteiger partial charge < -0.3 is 14.7 Å². The van der Waals surface area contributed by atoms with Crippen LogP contribution in [0.1, 0.15) is 32.4 Å². The van der Waals surface area contributed by atoms with Crippen molar-refractivity contribution < 1.29 is 9.84 Å². The van der Waals surface area contributed by atoms with Gasteiger partial charge in [-0.2, -0.15) is 0 Å². The lowest BCUT2D eigenvalue weighted by atomic mass is 10.1. The Hall–Kier alpha value is -1.06. The van der Waals surface area contributed by atoms with E-state index in [1.807, 2.05) is 25.1 Å². The minimum atomic E-state index is -0.446. The molecule has 1 aromatic rings. The number of aliphatic hydroxyl groups is 1. The molecule has 1 rings (SSSR count). The first-order valence-electron chi connectivity index (χ1n) is 6.57. The van der Waals surface area contributed by atoms with Gasteiger partial charge in [-0.15, -0.1) is 0 Å². The number of benzene rings is 1. The van der Waals surface area contributed by atoms with Crippen molar-refractivity contribution in [3.05, 3.63) is 29.8 Å². The standard InChI is InChI=1S/C15H25NO2/c1-12(2)11-16(9-10-18-4)15-8-6-5-7-14(15)13(3)17/h5-8,12-13,17H,9-11H2,1-4H3. The minimum Gasteiger partial charge on any atom is -0.389 e. The summed E-state index contributed by atoms with van der Waals surface area (Å²) in [6.45, 7) is 8.71. The van der Waals surface area contributed by atoms with Crippen LogP contribution in [0.5, 0.6) is 0 Å². The van der Waals surface area contributed by atoms with Crippen molar-refractivity contribution in [2.45, 2.75) is 26.9 Å². The van der Waals surface area contributed by atoms with Gasteiger partial charge >= 0.3 is 0 Å². The molecule has 0 aliphatic heterocycles. The average molecular weight is 251 g/mol. The van der Waals surface area contributed by atoms with Crippen LogP contribution in [0.4, 0.5) is 5.69 Å². The van der Waals surface area contributed by atoms with Crippen LogP contribution >= 0.6 is 0 Å². The third kappa shape index (κ3) is 4.31. The third-order valence-corrected chi connectivity index (χ3v) is 2.88. The Bertz CT molecular complexity index is 350. The van der Waals surface area contributed by atoms with Gasteiger partial charge in [0.25, 0.3) is 0 Å². The van der Waals surface area contributed by atoms with Gasteiger partial charge in [0.05, 0.1) is 12.7 Å². The zero-order valence-electron chi connectivity index (χ0n) is 11.9. The van der Waals surface area contributed by atoms with Crippen LogP contribution in [0.25, 0.3) is 0 Å². The lowest BCUT2D eigenvalue weighted by molar-refractivity contribution is 0.197. The summed E-state index contributed by atoms with van der Waals surface area (Å²) in [5.74, 6) is 0.573. The zero-order valence-corrected chi connectivity index (χ0v) is 11.9. The molecule has 1 unspecified atom stereocenters. The first-order chi connectivity index (χ1) is 8.56. The van der Waals surface area contributed by atoms with E-state index in [1.165, 1.54) is 0 Å². The number of anilines is 1. The molecule has 0 aliphatic rings. The SMILES string of the molecule is COCCN(CC(C)C)c1ccccc1C(C)O. The number of methoxy groups -OCH3 is 1. The van der Waals surface area contributed by atoms with Crippen molar-refractivity contribution in [1.29, 1.82) is 0 Å². The van der Waals surface area contributed by atoms with Crippen LogP contribution in [0.15, 0.2) is 24.3 Å². The van der Waals surface area contributed by atoms with Crippen LogP contribution in [-0.4, -0.2) is 31.9 Å². The van der Waals surface area contributed by atoms with E-state index in [0.717, 1.165) is 24.3 Å². The molecule has 3 heteroatoms. The number of ether oxygens (including phenoxy) is 1. The second-order valence-corrected chi connectivity index (χ2v) is 5.07. The number of nitrogens with zero attached hydrogens (tertiary/aromatic N) is 1. The summed E-state index contributed by atoms with van der Waals surface area (Å²) in [7, 11) is 1.72. The lowest BCUT2D eigenvalue weighted by Crippen LogP contribution is -2.31. The molecule has 0 radical (unpaired) electrons. The number of hydrogen-bond donors (Lipinski definition) is 1. The average Bonchev–Trinajstić information content (AvgIpc) is 2.34. The highest BCUT2D eigenvalue weighted by Crippen LogP contribution is 2.26. The molecular formula is C15H25NO2. The van der Waals surface area contributed by atoms with Gasteiger partial charge in [-0.05, 0) is 18.9 Å². The van der Waals surface area contributed by atoms with E-state index in [4.69, 9.17) is 4.74 Å². The van der Waals surface area contributed by atoms with E-state index >= 15 is 0 Å². The molecule has 0 heterocycles. The van der Waals surface area contributed by atoms with E-state index in [2.05, 4.69) is 24.8 Å². The first kappa shape index (κ1) is 15.0. The van der Waals surface area contributed by atoms with Crippen LogP contribution in [0.3, 0.4) is 0 Å². The topological polar surface area (TPSA) is 32.7 Å². The molecular weight excluding hydrogens is 226 g/mol. The Morgan fingerprint density at radius 2 is 1.89 bits per heavy atom. The lowest BCUT2D eigenvalue weighted by Gasteiger charge is -2.29. The van der Waals surface area contributed by atoms with Crippen molar-refractivity contribution in [2.75, 3.05) is 31.7 Å². The molecule has 0 aromatic heterocycles. The second-order valence-electron chi connectivity index (χ2n) is 5.07. The fourth-order valence-electron chi connectivity index (χ4n) is 2.08. The highest BCUT2D eigenvalue weighted by atomic mass is 16.5. The van der Waals surface area contributed by atoms with Gasteiger partial charge in [-0.1, -0.05) is 32.0 Å². The van der Waals surface area contributed by atoms with Gasteiger partial charge in [0, 0.05) is 31.5 Å². The molecule has 0 saturated heterocycles. The molecule has 0 bridgehead atoms. The normalized spacial score (nSPS) is 12.8. The number of para-hydroxylation sites is 1. The summed E-state index contributed by atoms with van der Waals surface area (Å²) in [6.07, 6.45) is -0.446. The molecule has 18 heavy (non-hydrogen) atoms. The molecule has 0 aliphatic carbocycles. The van der Waals surface area contributed by atoms with Crippen molar-refractivity contribution in [1.82, 2.24) is 0 Å². The number of rotatable bonds is 7. The van der Waals surface area contributed by atoms with E-state index in [-0.39, 0.29) is 0 Å². The highest BCUT2D eigenvalue weighted by molar-refractivity contribution is 5.54. The summed E-state index contributed by atoms with van der Waals surface area (Å²) in [5, 5.41) is 9.86. The summed E-state index contributed by atoms with van der Waals surface area (Å²) in [6, 6.07) is 8.04. The zero-order chi connectivity index (χ0) is 13.5. The maximum atomic E-state index is 9.86. The van der Waals surface area contributed by atoms with Crippen molar-refractivity contribution >= 4 is 5.69 Å². The third-order valence-electron chi connectivity index (χ3n) is 2.88. The molecule has 0 fully saturated rings. The van der Waals surface area contributed by atoms with E-state index < -0.39 is 6.10 Å². The van der Waals surface area contributed by atoms with Crippen molar-refractivity contribution in [3.63, 3.8) is 0 Å². The fraction of sp³-hybridized carbons (Fsp3) is 0.600. The van der Waals surface area contributed by atoms with Gasteiger partial charge in [0.15, 0.2) is 0 Å². The van der Waals surface area contributed by atoms with Crippen LogP contribution in [0, 0.1) is 5.92 Å². The molecule has 0 saturated carbocycles. The maximum absolute atomic E-state index is 9.86. The van der Waals surface area contributed by atoms with Gasteiger partial charge in [-0.3, -0.25) is 0 Å². The summed E-state index contributed by atoms with van der Waals surface area (Å²) >= 11 is 0. The molecule has 102 valence electrons. The maximum Gasteiger partial charge on any atom is 0.0781 e. The summed E-state index contributed by atoms with van der Waals surface area (Å²) in [4.78, 5) is 2.29. The van der Waals surface area contributed by atoms with Crippen LogP contribution in [0.2, 0.25) is 0 Å². The van der Waals surface area contributed by atoms with Crippen LogP contribution in [-0.2, 0) is 4.74 Å². The molecule has 1 atom stereocenters. The molecule has 0 spiro atoms. The van der Waals surface area contributed by atoms with Crippen molar-refractivity contribution in [2.24, 2.45) is 5.92 Å². The largest absolute Gasteiger partial charge is 0.389 e. The highest BCUT2D eigenvalue weighted by Gasteiger charge is 2.14. The van der Waals surface area contributed by atoms with E-state index in [0.29, 0.717) is 12.5 Å². The van der Waals surface area contributed by atoms with Gasteiger partial charge in [-0.25, -0.2) is 0 Å². The first-order valence-corrected chi connectivity index (χ1v) is 6.57. The quantitative estimate of drug-likeness (QED) is 0.809. The monoisotopic (exact) mass is 251 g/mol. The van der Waals surface area contributed by atoms with E-state index in [1.54, 1.807) is 7.11 Å². The predicted molar refractivity (Wildman–Crippen MR) is 76.0 cm³/mol. The Labute approximate surface area is 110 Å². The van der Waals surface area contributed by atoms with Crippen LogP contribution < -0.4 is 4.90 Å². The Kier molecular flexibility index (Phi) is 6.16.